The fraction of sp³-hybridized carbons (Fsp3) is 0.214. The summed E-state index contributed by atoms with van der Waals surface area (Å²) in [5.41, 5.74) is 0.934. The first-order chi connectivity index (χ1) is 8.65. The van der Waals surface area contributed by atoms with Crippen molar-refractivity contribution in [2.75, 3.05) is 0 Å². The Morgan fingerprint density at radius 2 is 2.06 bits per heavy atom. The van der Waals surface area contributed by atoms with E-state index in [0.29, 0.717) is 11.4 Å². The van der Waals surface area contributed by atoms with Crippen LogP contribution in [0.2, 0.25) is 5.02 Å². The minimum Gasteiger partial charge on any atom is -0.467 e. The van der Waals surface area contributed by atoms with E-state index in [9.17, 15) is 4.79 Å². The lowest BCUT2D eigenvalue weighted by molar-refractivity contribution is -0.121. The summed E-state index contributed by atoms with van der Waals surface area (Å²) in [5, 5.41) is 3.55. The van der Waals surface area contributed by atoms with Crippen molar-refractivity contribution in [1.82, 2.24) is 5.32 Å². The van der Waals surface area contributed by atoms with Crippen LogP contribution in [-0.4, -0.2) is 5.91 Å². The predicted octanol–water partition coefficient (Wildman–Crippen LogP) is 3.35. The van der Waals surface area contributed by atoms with E-state index in [1.54, 1.807) is 24.5 Å². The molecular formula is C14H14ClNO2. The zero-order chi connectivity index (χ0) is 13.0. The Morgan fingerprint density at radius 3 is 2.67 bits per heavy atom. The van der Waals surface area contributed by atoms with Gasteiger partial charge in [0.2, 0.25) is 5.91 Å². The highest BCUT2D eigenvalue weighted by molar-refractivity contribution is 6.30. The molecule has 1 aromatic heterocycles. The molecule has 0 fully saturated rings. The first kappa shape index (κ1) is 12.7. The molecule has 18 heavy (non-hydrogen) atoms. The average Bonchev–Trinajstić information content (AvgIpc) is 2.85. The fourth-order valence-corrected chi connectivity index (χ4v) is 1.81. The molecule has 1 aromatic carbocycles. The molecule has 1 amide bonds. The Bertz CT molecular complexity index is 505. The summed E-state index contributed by atoms with van der Waals surface area (Å²) < 4.78 is 5.23. The van der Waals surface area contributed by atoms with Crippen molar-refractivity contribution in [3.8, 4) is 0 Å². The van der Waals surface area contributed by atoms with Gasteiger partial charge in [0.25, 0.3) is 0 Å². The van der Waals surface area contributed by atoms with Crippen LogP contribution in [0, 0.1) is 0 Å². The second kappa shape index (κ2) is 5.74. The lowest BCUT2D eigenvalue weighted by atomic mass is 10.1. The van der Waals surface area contributed by atoms with Crippen LogP contribution < -0.4 is 5.32 Å². The van der Waals surface area contributed by atoms with Crippen LogP contribution in [0.5, 0.6) is 0 Å². The van der Waals surface area contributed by atoms with Crippen LogP contribution in [0.3, 0.4) is 0 Å². The lowest BCUT2D eigenvalue weighted by Crippen LogP contribution is -2.27. The first-order valence-electron chi connectivity index (χ1n) is 5.72. The monoisotopic (exact) mass is 263 g/mol. The van der Waals surface area contributed by atoms with Gasteiger partial charge in [0, 0.05) is 5.02 Å². The van der Waals surface area contributed by atoms with Crippen LogP contribution in [0.25, 0.3) is 0 Å². The molecule has 0 aliphatic heterocycles. The minimum absolute atomic E-state index is 0.0405. The van der Waals surface area contributed by atoms with Gasteiger partial charge >= 0.3 is 0 Å². The summed E-state index contributed by atoms with van der Waals surface area (Å²) in [6.07, 6.45) is 1.93. The molecule has 0 aliphatic rings. The maximum absolute atomic E-state index is 11.8. The van der Waals surface area contributed by atoms with Gasteiger partial charge in [0.1, 0.15) is 5.76 Å². The molecule has 0 bridgehead atoms. The molecule has 1 atom stereocenters. The van der Waals surface area contributed by atoms with Gasteiger partial charge < -0.3 is 9.73 Å². The highest BCUT2D eigenvalue weighted by Gasteiger charge is 2.11. The molecule has 1 unspecified atom stereocenters. The molecule has 0 aliphatic carbocycles. The quantitative estimate of drug-likeness (QED) is 0.919. The highest BCUT2D eigenvalue weighted by atomic mass is 35.5. The molecule has 2 aromatic rings. The number of benzene rings is 1. The number of carbonyl (C=O) groups excluding carboxylic acids is 1. The van der Waals surface area contributed by atoms with Crippen LogP contribution in [0.15, 0.2) is 47.1 Å². The van der Waals surface area contributed by atoms with Crippen LogP contribution in [0.1, 0.15) is 24.3 Å². The zero-order valence-corrected chi connectivity index (χ0v) is 10.8. The van der Waals surface area contributed by atoms with E-state index in [2.05, 4.69) is 5.32 Å². The van der Waals surface area contributed by atoms with Crippen molar-refractivity contribution in [2.45, 2.75) is 19.4 Å². The molecular weight excluding hydrogens is 250 g/mol. The SMILES string of the molecule is CC(NC(=O)Cc1ccc(Cl)cc1)c1ccco1. The molecule has 0 saturated carbocycles. The van der Waals surface area contributed by atoms with Gasteiger partial charge in [-0.1, -0.05) is 23.7 Å². The van der Waals surface area contributed by atoms with E-state index in [1.165, 1.54) is 0 Å². The number of furan rings is 1. The normalized spacial score (nSPS) is 12.1. The number of halogens is 1. The van der Waals surface area contributed by atoms with Gasteiger partial charge in [0.05, 0.1) is 18.7 Å². The van der Waals surface area contributed by atoms with Crippen molar-refractivity contribution >= 4 is 17.5 Å². The summed E-state index contributed by atoms with van der Waals surface area (Å²) in [5.74, 6) is 0.709. The molecule has 0 spiro atoms. The number of rotatable bonds is 4. The fourth-order valence-electron chi connectivity index (χ4n) is 1.69. The summed E-state index contributed by atoms with van der Waals surface area (Å²) in [7, 11) is 0. The van der Waals surface area contributed by atoms with E-state index in [-0.39, 0.29) is 11.9 Å². The molecule has 2 rings (SSSR count). The Labute approximate surface area is 111 Å². The standard InChI is InChI=1S/C14H14ClNO2/c1-10(13-3-2-8-18-13)16-14(17)9-11-4-6-12(15)7-5-11/h2-8,10H,9H2,1H3,(H,16,17). The first-order valence-corrected chi connectivity index (χ1v) is 6.10. The van der Waals surface area contributed by atoms with E-state index < -0.39 is 0 Å². The Balaban J connectivity index is 1.91. The molecule has 0 saturated heterocycles. The minimum atomic E-state index is -0.125. The summed E-state index contributed by atoms with van der Waals surface area (Å²) in [6, 6.07) is 10.8. The van der Waals surface area contributed by atoms with Crippen molar-refractivity contribution in [3.63, 3.8) is 0 Å². The molecule has 4 heteroatoms. The number of nitrogens with one attached hydrogen (secondary N) is 1. The van der Waals surface area contributed by atoms with E-state index >= 15 is 0 Å². The van der Waals surface area contributed by atoms with E-state index in [0.717, 1.165) is 11.3 Å². The van der Waals surface area contributed by atoms with E-state index in [1.807, 2.05) is 25.1 Å². The van der Waals surface area contributed by atoms with Crippen molar-refractivity contribution in [3.05, 3.63) is 59.0 Å². The Hall–Kier alpha value is -1.74. The van der Waals surface area contributed by atoms with Gasteiger partial charge in [-0.25, -0.2) is 0 Å². The molecule has 0 radical (unpaired) electrons. The largest absolute Gasteiger partial charge is 0.467 e. The van der Waals surface area contributed by atoms with Crippen molar-refractivity contribution in [2.24, 2.45) is 0 Å². The molecule has 94 valence electrons. The topological polar surface area (TPSA) is 42.2 Å². The van der Waals surface area contributed by atoms with E-state index in [4.69, 9.17) is 16.0 Å². The lowest BCUT2D eigenvalue weighted by Gasteiger charge is -2.11. The van der Waals surface area contributed by atoms with Gasteiger partial charge in [-0.3, -0.25) is 4.79 Å². The van der Waals surface area contributed by atoms with Crippen LogP contribution in [-0.2, 0) is 11.2 Å². The Morgan fingerprint density at radius 1 is 1.33 bits per heavy atom. The molecule has 1 N–H and O–H groups in total. The number of carbonyl (C=O) groups is 1. The molecule has 1 heterocycles. The number of hydrogen-bond donors (Lipinski definition) is 1. The Kier molecular flexibility index (Phi) is 4.05. The van der Waals surface area contributed by atoms with Crippen molar-refractivity contribution in [1.29, 1.82) is 0 Å². The maximum Gasteiger partial charge on any atom is 0.224 e. The average molecular weight is 264 g/mol. The third-order valence-electron chi connectivity index (χ3n) is 2.63. The number of amides is 1. The van der Waals surface area contributed by atoms with Gasteiger partial charge in [-0.05, 0) is 36.8 Å². The van der Waals surface area contributed by atoms with Crippen LogP contribution >= 0.6 is 11.6 Å². The third kappa shape index (κ3) is 3.37. The number of hydrogen-bond acceptors (Lipinski definition) is 2. The zero-order valence-electron chi connectivity index (χ0n) is 10.0. The smallest absolute Gasteiger partial charge is 0.224 e. The second-order valence-corrected chi connectivity index (χ2v) is 4.54. The second-order valence-electron chi connectivity index (χ2n) is 4.11. The molecule has 3 nitrogen and oxygen atoms in total. The van der Waals surface area contributed by atoms with Gasteiger partial charge in [0.15, 0.2) is 0 Å². The summed E-state index contributed by atoms with van der Waals surface area (Å²) in [6.45, 7) is 1.89. The van der Waals surface area contributed by atoms with Crippen LogP contribution in [0.4, 0.5) is 0 Å². The summed E-state index contributed by atoms with van der Waals surface area (Å²) in [4.78, 5) is 11.8. The summed E-state index contributed by atoms with van der Waals surface area (Å²) >= 11 is 5.79. The highest BCUT2D eigenvalue weighted by Crippen LogP contribution is 2.13. The predicted molar refractivity (Wildman–Crippen MR) is 70.4 cm³/mol. The van der Waals surface area contributed by atoms with Crippen molar-refractivity contribution < 1.29 is 9.21 Å². The van der Waals surface area contributed by atoms with Gasteiger partial charge in [-0.15, -0.1) is 0 Å². The maximum atomic E-state index is 11.8. The van der Waals surface area contributed by atoms with Gasteiger partial charge in [-0.2, -0.15) is 0 Å². The third-order valence-corrected chi connectivity index (χ3v) is 2.88.